The molecule has 2 heterocycles. The Morgan fingerprint density at radius 1 is 1.19 bits per heavy atom. The Balaban J connectivity index is 2.05. The number of pyridine rings is 2. The maximum Gasteiger partial charge on any atom is 0.267 e. The van der Waals surface area contributed by atoms with Crippen molar-refractivity contribution in [3.8, 4) is 16.9 Å². The van der Waals surface area contributed by atoms with Crippen LogP contribution in [0.5, 0.6) is 5.75 Å². The van der Waals surface area contributed by atoms with E-state index in [1.807, 2.05) is 13.8 Å². The molecule has 0 radical (unpaired) electrons. The van der Waals surface area contributed by atoms with Gasteiger partial charge in [0.2, 0.25) is 5.91 Å². The van der Waals surface area contributed by atoms with Gasteiger partial charge in [0.15, 0.2) is 0 Å². The number of amides is 2. The number of nitrogens with zero attached hydrogens (tertiary/aromatic N) is 2. The molecular weight excluding hydrogens is 503 g/mol. The fourth-order valence-electron chi connectivity index (χ4n) is 3.88. The standard InChI is InChI=1S/C26H28ClFN4O5/c1-14(2)16-10-20(28)19(27)9-17(16)18-11-24(33)32(13-23(18)37-4)22(7-8-36-3)26(35)31-15-5-6-21(25(29)34)30-12-15/h5-6,9-14,22H,7-8H2,1-4H3,(H2,29,34)(H,31,35). The highest BCUT2D eigenvalue weighted by atomic mass is 35.5. The lowest BCUT2D eigenvalue weighted by Gasteiger charge is -2.22. The second kappa shape index (κ2) is 12.0. The summed E-state index contributed by atoms with van der Waals surface area (Å²) in [6.45, 7) is 3.99. The van der Waals surface area contributed by atoms with E-state index in [2.05, 4.69) is 10.3 Å². The van der Waals surface area contributed by atoms with Crippen molar-refractivity contribution in [2.24, 2.45) is 5.73 Å². The monoisotopic (exact) mass is 530 g/mol. The Labute approximate surface area is 218 Å². The van der Waals surface area contributed by atoms with Gasteiger partial charge < -0.3 is 20.5 Å². The average Bonchev–Trinajstić information content (AvgIpc) is 2.86. The molecule has 0 saturated carbocycles. The van der Waals surface area contributed by atoms with E-state index in [4.69, 9.17) is 26.8 Å². The average molecular weight is 531 g/mol. The molecule has 1 aromatic carbocycles. The lowest BCUT2D eigenvalue weighted by Crippen LogP contribution is -2.34. The molecule has 0 fully saturated rings. The lowest BCUT2D eigenvalue weighted by molar-refractivity contribution is -0.119. The number of primary amides is 1. The van der Waals surface area contributed by atoms with E-state index < -0.39 is 29.2 Å². The Hall–Kier alpha value is -3.76. The van der Waals surface area contributed by atoms with Crippen molar-refractivity contribution in [2.45, 2.75) is 32.2 Å². The SMILES string of the molecule is COCCC(C(=O)Nc1ccc(C(N)=O)nc1)n1cc(OC)c(-c2cc(Cl)c(F)cc2C(C)C)cc1=O. The zero-order chi connectivity index (χ0) is 27.3. The first-order valence-corrected chi connectivity index (χ1v) is 11.8. The number of nitrogens with two attached hydrogens (primary N) is 1. The number of nitrogens with one attached hydrogen (secondary N) is 1. The zero-order valence-corrected chi connectivity index (χ0v) is 21.6. The van der Waals surface area contributed by atoms with Crippen LogP contribution < -0.4 is 21.3 Å². The summed E-state index contributed by atoms with van der Waals surface area (Å²) in [7, 11) is 2.92. The summed E-state index contributed by atoms with van der Waals surface area (Å²) in [5, 5.41) is 2.61. The molecule has 0 aliphatic carbocycles. The van der Waals surface area contributed by atoms with Crippen molar-refractivity contribution in [3.63, 3.8) is 0 Å². The Morgan fingerprint density at radius 3 is 2.49 bits per heavy atom. The van der Waals surface area contributed by atoms with Crippen molar-refractivity contribution >= 4 is 29.1 Å². The topological polar surface area (TPSA) is 126 Å². The number of anilines is 1. The molecule has 11 heteroatoms. The molecule has 2 amide bonds. The molecule has 0 spiro atoms. The molecule has 1 unspecified atom stereocenters. The molecule has 3 rings (SSSR count). The summed E-state index contributed by atoms with van der Waals surface area (Å²) in [4.78, 5) is 41.7. The molecule has 3 N–H and O–H groups in total. The number of carbonyl (C=O) groups excluding carboxylic acids is 2. The first kappa shape index (κ1) is 27.8. The highest BCUT2D eigenvalue weighted by Gasteiger charge is 2.25. The number of hydrogen-bond acceptors (Lipinski definition) is 6. The maximum atomic E-state index is 14.2. The third-order valence-electron chi connectivity index (χ3n) is 5.79. The van der Waals surface area contributed by atoms with Crippen molar-refractivity contribution in [1.29, 1.82) is 0 Å². The quantitative estimate of drug-likeness (QED) is 0.405. The largest absolute Gasteiger partial charge is 0.495 e. The van der Waals surface area contributed by atoms with Gasteiger partial charge in [-0.05, 0) is 41.3 Å². The highest BCUT2D eigenvalue weighted by Crippen LogP contribution is 2.37. The number of ether oxygens (including phenoxy) is 2. The summed E-state index contributed by atoms with van der Waals surface area (Å²) < 4.78 is 26.2. The van der Waals surface area contributed by atoms with E-state index in [0.717, 1.165) is 0 Å². The van der Waals surface area contributed by atoms with E-state index in [1.54, 1.807) is 0 Å². The van der Waals surface area contributed by atoms with E-state index in [9.17, 15) is 18.8 Å². The number of aromatic nitrogens is 2. The number of benzene rings is 1. The van der Waals surface area contributed by atoms with Crippen LogP contribution in [0.1, 0.15) is 48.3 Å². The second-order valence-electron chi connectivity index (χ2n) is 8.59. The van der Waals surface area contributed by atoms with Crippen LogP contribution in [0.15, 0.2) is 47.5 Å². The summed E-state index contributed by atoms with van der Waals surface area (Å²) in [5.74, 6) is -1.53. The van der Waals surface area contributed by atoms with Gasteiger partial charge in [-0.3, -0.25) is 19.0 Å². The number of methoxy groups -OCH3 is 2. The molecule has 0 bridgehead atoms. The fraction of sp³-hybridized carbons (Fsp3) is 0.308. The van der Waals surface area contributed by atoms with Crippen LogP contribution in [-0.2, 0) is 9.53 Å². The summed E-state index contributed by atoms with van der Waals surface area (Å²) in [6, 6.07) is 6.05. The van der Waals surface area contributed by atoms with E-state index in [0.29, 0.717) is 28.1 Å². The van der Waals surface area contributed by atoms with Gasteiger partial charge in [0.1, 0.15) is 23.3 Å². The minimum absolute atomic E-state index is 0.0483. The van der Waals surface area contributed by atoms with Gasteiger partial charge in [-0.25, -0.2) is 9.37 Å². The van der Waals surface area contributed by atoms with Gasteiger partial charge >= 0.3 is 0 Å². The Bertz CT molecular complexity index is 1360. The smallest absolute Gasteiger partial charge is 0.267 e. The molecular formula is C26H28ClFN4O5. The summed E-state index contributed by atoms with van der Waals surface area (Å²) in [6.07, 6.45) is 2.91. The van der Waals surface area contributed by atoms with Crippen molar-refractivity contribution in [2.75, 3.05) is 26.1 Å². The Kier molecular flexibility index (Phi) is 9.01. The molecule has 196 valence electrons. The molecule has 0 saturated heterocycles. The molecule has 37 heavy (non-hydrogen) atoms. The predicted molar refractivity (Wildman–Crippen MR) is 139 cm³/mol. The van der Waals surface area contributed by atoms with Crippen molar-refractivity contribution in [1.82, 2.24) is 9.55 Å². The molecule has 0 aliphatic rings. The number of halogens is 2. The van der Waals surface area contributed by atoms with Crippen LogP contribution in [0.25, 0.3) is 11.1 Å². The normalized spacial score (nSPS) is 11.9. The number of carbonyl (C=O) groups is 2. The highest BCUT2D eigenvalue weighted by molar-refractivity contribution is 6.31. The zero-order valence-electron chi connectivity index (χ0n) is 20.9. The first-order chi connectivity index (χ1) is 17.6. The van der Waals surface area contributed by atoms with Gasteiger partial charge in [-0.1, -0.05) is 25.4 Å². The maximum absolute atomic E-state index is 14.2. The second-order valence-corrected chi connectivity index (χ2v) is 9.00. The number of rotatable bonds is 10. The van der Waals surface area contributed by atoms with Crippen LogP contribution in [0.4, 0.5) is 10.1 Å². The molecule has 0 aliphatic heterocycles. The summed E-state index contributed by atoms with van der Waals surface area (Å²) in [5.41, 5.74) is 6.72. The Morgan fingerprint density at radius 2 is 1.92 bits per heavy atom. The predicted octanol–water partition coefficient (Wildman–Crippen LogP) is 4.15. The van der Waals surface area contributed by atoms with Crippen LogP contribution in [-0.4, -0.2) is 42.2 Å². The van der Waals surface area contributed by atoms with E-state index in [1.165, 1.54) is 61.5 Å². The minimum atomic E-state index is -0.965. The van der Waals surface area contributed by atoms with E-state index >= 15 is 0 Å². The van der Waals surface area contributed by atoms with Crippen LogP contribution in [0.2, 0.25) is 5.02 Å². The molecule has 2 aromatic heterocycles. The lowest BCUT2D eigenvalue weighted by atomic mass is 9.92. The van der Waals surface area contributed by atoms with Gasteiger partial charge in [-0.15, -0.1) is 0 Å². The first-order valence-electron chi connectivity index (χ1n) is 11.4. The van der Waals surface area contributed by atoms with Crippen molar-refractivity contribution in [3.05, 3.63) is 75.2 Å². The van der Waals surface area contributed by atoms with Crippen LogP contribution in [0, 0.1) is 5.82 Å². The van der Waals surface area contributed by atoms with Gasteiger partial charge in [0, 0.05) is 31.8 Å². The van der Waals surface area contributed by atoms with Crippen LogP contribution >= 0.6 is 11.6 Å². The molecule has 9 nitrogen and oxygen atoms in total. The third kappa shape index (κ3) is 6.33. The fourth-order valence-corrected chi connectivity index (χ4v) is 4.05. The summed E-state index contributed by atoms with van der Waals surface area (Å²) >= 11 is 6.06. The number of hydrogen-bond donors (Lipinski definition) is 2. The van der Waals surface area contributed by atoms with Crippen LogP contribution in [0.3, 0.4) is 0 Å². The van der Waals surface area contributed by atoms with Gasteiger partial charge in [-0.2, -0.15) is 0 Å². The van der Waals surface area contributed by atoms with E-state index in [-0.39, 0.29) is 29.7 Å². The van der Waals surface area contributed by atoms with Crippen molar-refractivity contribution < 1.29 is 23.5 Å². The molecule has 3 aromatic rings. The van der Waals surface area contributed by atoms with Gasteiger partial charge in [0.25, 0.3) is 11.5 Å². The van der Waals surface area contributed by atoms with Gasteiger partial charge in [0.05, 0.1) is 30.2 Å². The molecule has 1 atom stereocenters. The third-order valence-corrected chi connectivity index (χ3v) is 6.08. The minimum Gasteiger partial charge on any atom is -0.495 e.